The van der Waals surface area contributed by atoms with Gasteiger partial charge >= 0.3 is 12.0 Å². The number of anilines is 2. The van der Waals surface area contributed by atoms with E-state index in [1.165, 1.54) is 19.0 Å². The number of pyridine rings is 1. The van der Waals surface area contributed by atoms with Gasteiger partial charge in [0.1, 0.15) is 0 Å². The number of thioether (sulfide) groups is 1. The number of hydrogen-bond acceptors (Lipinski definition) is 7. The van der Waals surface area contributed by atoms with Crippen molar-refractivity contribution in [1.29, 1.82) is 0 Å². The molecule has 2 fully saturated rings. The minimum atomic E-state index is -0.424. The van der Waals surface area contributed by atoms with Crippen molar-refractivity contribution in [2.75, 3.05) is 74.7 Å². The molecule has 2 aliphatic heterocycles. The standard InChI is InChI=1S/C24H31N5O3S/c1-26-9-11-27(12-10-26)21-5-7-22(8-6-21)29(24(31)28-13-15-33-16-14-28)18-20-4-3-19(17-25-20)23(30)32-2/h3-8,17H,9-16,18H2,1-2H3. The number of esters is 1. The third-order valence-corrected chi connectivity index (χ3v) is 7.05. The van der Waals surface area contributed by atoms with Gasteiger partial charge in [0.25, 0.3) is 0 Å². The highest BCUT2D eigenvalue weighted by molar-refractivity contribution is 7.99. The molecule has 33 heavy (non-hydrogen) atoms. The Hall–Kier alpha value is -2.78. The molecule has 176 valence electrons. The van der Waals surface area contributed by atoms with Crippen molar-refractivity contribution in [1.82, 2.24) is 14.8 Å². The Morgan fingerprint density at radius 1 is 1.00 bits per heavy atom. The smallest absolute Gasteiger partial charge is 0.339 e. The summed E-state index contributed by atoms with van der Waals surface area (Å²) >= 11 is 1.87. The van der Waals surface area contributed by atoms with Crippen LogP contribution in [0.15, 0.2) is 42.6 Å². The van der Waals surface area contributed by atoms with Crippen molar-refractivity contribution in [3.05, 3.63) is 53.9 Å². The number of rotatable bonds is 5. The number of piperazine rings is 1. The van der Waals surface area contributed by atoms with Gasteiger partial charge in [-0.2, -0.15) is 11.8 Å². The summed E-state index contributed by atoms with van der Waals surface area (Å²) in [6.45, 7) is 5.92. The van der Waals surface area contributed by atoms with Crippen molar-refractivity contribution in [2.45, 2.75) is 6.54 Å². The van der Waals surface area contributed by atoms with Gasteiger partial charge in [-0.1, -0.05) is 0 Å². The van der Waals surface area contributed by atoms with E-state index in [1.54, 1.807) is 17.0 Å². The van der Waals surface area contributed by atoms with E-state index in [9.17, 15) is 9.59 Å². The van der Waals surface area contributed by atoms with E-state index in [0.29, 0.717) is 17.8 Å². The first-order valence-corrected chi connectivity index (χ1v) is 12.4. The molecule has 2 aromatic rings. The Labute approximate surface area is 199 Å². The highest BCUT2D eigenvalue weighted by Gasteiger charge is 2.25. The molecule has 8 nitrogen and oxygen atoms in total. The first kappa shape index (κ1) is 23.4. The third kappa shape index (κ3) is 5.78. The van der Waals surface area contributed by atoms with Crippen molar-refractivity contribution in [3.63, 3.8) is 0 Å². The number of methoxy groups -OCH3 is 1. The molecule has 1 aromatic heterocycles. The number of carbonyl (C=O) groups excluding carboxylic acids is 2. The van der Waals surface area contributed by atoms with Gasteiger partial charge in [-0.15, -0.1) is 0 Å². The second-order valence-corrected chi connectivity index (χ2v) is 9.53. The minimum Gasteiger partial charge on any atom is -0.465 e. The molecule has 4 rings (SSSR count). The molecule has 0 atom stereocenters. The quantitative estimate of drug-likeness (QED) is 0.624. The third-order valence-electron chi connectivity index (χ3n) is 6.11. The summed E-state index contributed by atoms with van der Waals surface area (Å²) in [5.74, 6) is 1.48. The molecule has 0 bridgehead atoms. The number of urea groups is 1. The number of likely N-dealkylation sites (N-methyl/N-ethyl adjacent to an activating group) is 1. The molecule has 0 radical (unpaired) electrons. The highest BCUT2D eigenvalue weighted by Crippen LogP contribution is 2.25. The summed E-state index contributed by atoms with van der Waals surface area (Å²) in [5.41, 5.74) is 3.12. The van der Waals surface area contributed by atoms with Crippen molar-refractivity contribution < 1.29 is 14.3 Å². The fourth-order valence-corrected chi connectivity index (χ4v) is 4.92. The Balaban J connectivity index is 1.54. The molecule has 0 spiro atoms. The van der Waals surface area contributed by atoms with Gasteiger partial charge in [0.2, 0.25) is 0 Å². The van der Waals surface area contributed by atoms with Crippen LogP contribution < -0.4 is 9.80 Å². The van der Waals surface area contributed by atoms with Crippen LogP contribution >= 0.6 is 11.8 Å². The molecule has 1 aromatic carbocycles. The molecular formula is C24H31N5O3S. The molecular weight excluding hydrogens is 438 g/mol. The summed E-state index contributed by atoms with van der Waals surface area (Å²) in [4.78, 5) is 38.0. The number of carbonyl (C=O) groups is 2. The summed E-state index contributed by atoms with van der Waals surface area (Å²) < 4.78 is 4.75. The van der Waals surface area contributed by atoms with Crippen LogP contribution in [0, 0.1) is 0 Å². The predicted molar refractivity (Wildman–Crippen MR) is 132 cm³/mol. The number of amides is 2. The van der Waals surface area contributed by atoms with Crippen molar-refractivity contribution in [3.8, 4) is 0 Å². The lowest BCUT2D eigenvalue weighted by atomic mass is 10.2. The van der Waals surface area contributed by atoms with Gasteiger partial charge in [0, 0.05) is 68.3 Å². The normalized spacial score (nSPS) is 17.0. The zero-order valence-corrected chi connectivity index (χ0v) is 20.1. The van der Waals surface area contributed by atoms with E-state index in [1.807, 2.05) is 28.8 Å². The van der Waals surface area contributed by atoms with Gasteiger partial charge in [-0.05, 0) is 43.4 Å². The van der Waals surface area contributed by atoms with Crippen LogP contribution in [-0.2, 0) is 11.3 Å². The van der Waals surface area contributed by atoms with Crippen LogP contribution in [0.1, 0.15) is 16.1 Å². The zero-order valence-electron chi connectivity index (χ0n) is 19.3. The number of aromatic nitrogens is 1. The number of nitrogens with zero attached hydrogens (tertiary/aromatic N) is 5. The minimum absolute atomic E-state index is 0.0125. The average molecular weight is 470 g/mol. The van der Waals surface area contributed by atoms with E-state index < -0.39 is 5.97 Å². The average Bonchev–Trinajstić information content (AvgIpc) is 2.88. The SMILES string of the molecule is COC(=O)c1ccc(CN(C(=O)N2CCSCC2)c2ccc(N3CCN(C)CC3)cc2)nc1. The topological polar surface area (TPSA) is 69.2 Å². The Morgan fingerprint density at radius 3 is 2.30 bits per heavy atom. The van der Waals surface area contributed by atoms with Crippen LogP contribution in [0.2, 0.25) is 0 Å². The zero-order chi connectivity index (χ0) is 23.2. The van der Waals surface area contributed by atoms with Gasteiger partial charge in [0.05, 0.1) is 24.9 Å². The van der Waals surface area contributed by atoms with Crippen LogP contribution in [0.25, 0.3) is 0 Å². The Bertz CT molecular complexity index is 940. The molecule has 3 heterocycles. The lowest BCUT2D eigenvalue weighted by molar-refractivity contribution is 0.0600. The fourth-order valence-electron chi connectivity index (χ4n) is 4.02. The monoisotopic (exact) mass is 469 g/mol. The van der Waals surface area contributed by atoms with Gasteiger partial charge in [-0.3, -0.25) is 9.88 Å². The first-order valence-electron chi connectivity index (χ1n) is 11.3. The molecule has 0 unspecified atom stereocenters. The second-order valence-electron chi connectivity index (χ2n) is 8.30. The van der Waals surface area contributed by atoms with Gasteiger partial charge in [-0.25, -0.2) is 9.59 Å². The summed E-state index contributed by atoms with van der Waals surface area (Å²) in [5, 5.41) is 0. The molecule has 0 N–H and O–H groups in total. The fraction of sp³-hybridized carbons (Fsp3) is 0.458. The summed E-state index contributed by atoms with van der Waals surface area (Å²) in [6, 6.07) is 11.7. The van der Waals surface area contributed by atoms with E-state index in [4.69, 9.17) is 4.74 Å². The molecule has 2 aliphatic rings. The Kier molecular flexibility index (Phi) is 7.72. The maximum Gasteiger partial charge on any atom is 0.339 e. The maximum atomic E-state index is 13.5. The molecule has 2 saturated heterocycles. The lowest BCUT2D eigenvalue weighted by Crippen LogP contribution is -2.46. The van der Waals surface area contributed by atoms with Crippen LogP contribution in [-0.4, -0.2) is 91.7 Å². The number of ether oxygens (including phenoxy) is 1. The summed E-state index contributed by atoms with van der Waals surface area (Å²) in [6.07, 6.45) is 1.50. The molecule has 0 saturated carbocycles. The van der Waals surface area contributed by atoms with E-state index in [-0.39, 0.29) is 6.03 Å². The maximum absolute atomic E-state index is 13.5. The lowest BCUT2D eigenvalue weighted by Gasteiger charge is -2.35. The van der Waals surface area contributed by atoms with Crippen LogP contribution in [0.5, 0.6) is 0 Å². The molecule has 9 heteroatoms. The van der Waals surface area contributed by atoms with Crippen molar-refractivity contribution >= 4 is 35.1 Å². The van der Waals surface area contributed by atoms with Crippen LogP contribution in [0.4, 0.5) is 16.2 Å². The van der Waals surface area contributed by atoms with Gasteiger partial charge in [0.15, 0.2) is 0 Å². The molecule has 0 aliphatic carbocycles. The number of hydrogen-bond donors (Lipinski definition) is 0. The number of benzene rings is 1. The largest absolute Gasteiger partial charge is 0.465 e. The Morgan fingerprint density at radius 2 is 1.70 bits per heavy atom. The van der Waals surface area contributed by atoms with E-state index in [0.717, 1.165) is 56.5 Å². The first-order chi connectivity index (χ1) is 16.0. The molecule has 2 amide bonds. The van der Waals surface area contributed by atoms with E-state index in [2.05, 4.69) is 34.0 Å². The van der Waals surface area contributed by atoms with Crippen LogP contribution in [0.3, 0.4) is 0 Å². The predicted octanol–water partition coefficient (Wildman–Crippen LogP) is 2.80. The summed E-state index contributed by atoms with van der Waals surface area (Å²) in [7, 11) is 3.49. The second kappa shape index (κ2) is 10.9. The van der Waals surface area contributed by atoms with Gasteiger partial charge < -0.3 is 19.4 Å². The van der Waals surface area contributed by atoms with E-state index >= 15 is 0 Å². The highest BCUT2D eigenvalue weighted by atomic mass is 32.2. The van der Waals surface area contributed by atoms with Crippen molar-refractivity contribution in [2.24, 2.45) is 0 Å².